The molecule has 0 aliphatic carbocycles. The van der Waals surface area contributed by atoms with Crippen molar-refractivity contribution in [3.63, 3.8) is 0 Å². The first-order chi connectivity index (χ1) is 8.12. The van der Waals surface area contributed by atoms with Crippen molar-refractivity contribution in [3.05, 3.63) is 0 Å². The Kier molecular flexibility index (Phi) is 4.47. The van der Waals surface area contributed by atoms with E-state index in [9.17, 15) is 0 Å². The summed E-state index contributed by atoms with van der Waals surface area (Å²) in [6.45, 7) is 15.9. The number of hydrazine groups is 1. The number of nitrogens with two attached hydrogens (primary N) is 1. The van der Waals surface area contributed by atoms with Crippen molar-refractivity contribution in [1.82, 2.24) is 5.12 Å². The molecule has 0 aromatic rings. The van der Waals surface area contributed by atoms with Crippen LogP contribution in [0.1, 0.15) is 67.7 Å². The summed E-state index contributed by atoms with van der Waals surface area (Å²) in [4.78, 5) is 0. The Bertz CT molecular complexity index is 320. The highest BCUT2D eigenvalue weighted by Crippen LogP contribution is 2.43. The Morgan fingerprint density at radius 2 is 2.00 bits per heavy atom. The molecule has 1 aliphatic heterocycles. The van der Waals surface area contributed by atoms with E-state index in [0.717, 1.165) is 6.42 Å². The Hall–Kier alpha value is -0.570. The molecule has 0 amide bonds. The van der Waals surface area contributed by atoms with Crippen LogP contribution >= 0.6 is 0 Å². The van der Waals surface area contributed by atoms with Gasteiger partial charge in [0.25, 0.3) is 0 Å². The van der Waals surface area contributed by atoms with Crippen LogP contribution in [0.25, 0.3) is 0 Å². The van der Waals surface area contributed by atoms with Gasteiger partial charge in [0.15, 0.2) is 0 Å². The molecule has 0 aromatic carbocycles. The van der Waals surface area contributed by atoms with Crippen LogP contribution in [0.3, 0.4) is 0 Å². The lowest BCUT2D eigenvalue weighted by Gasteiger charge is -2.42. The number of rotatable bonds is 5. The molecule has 1 aliphatic rings. The van der Waals surface area contributed by atoms with Crippen molar-refractivity contribution >= 4 is 5.71 Å². The zero-order valence-electron chi connectivity index (χ0n) is 13.2. The molecule has 3 nitrogen and oxygen atoms in total. The van der Waals surface area contributed by atoms with E-state index in [-0.39, 0.29) is 5.54 Å². The van der Waals surface area contributed by atoms with E-state index in [1.807, 2.05) is 0 Å². The van der Waals surface area contributed by atoms with E-state index >= 15 is 0 Å². The molecule has 0 radical (unpaired) electrons. The van der Waals surface area contributed by atoms with E-state index in [2.05, 4.69) is 53.6 Å². The quantitative estimate of drug-likeness (QED) is 0.757. The number of hydrogen-bond acceptors (Lipinski definition) is 3. The van der Waals surface area contributed by atoms with Crippen molar-refractivity contribution in [3.8, 4) is 0 Å². The highest BCUT2D eigenvalue weighted by atomic mass is 15.7. The van der Waals surface area contributed by atoms with Crippen molar-refractivity contribution in [2.24, 2.45) is 28.2 Å². The summed E-state index contributed by atoms with van der Waals surface area (Å²) in [6, 6.07) is 0. The third kappa shape index (κ3) is 3.05. The molecule has 0 bridgehead atoms. The number of nitrogens with zero attached hydrogens (tertiary/aromatic N) is 2. The molecular weight excluding hydrogens is 222 g/mol. The molecule has 2 unspecified atom stereocenters. The van der Waals surface area contributed by atoms with E-state index in [1.165, 1.54) is 18.6 Å². The first kappa shape index (κ1) is 15.5. The van der Waals surface area contributed by atoms with E-state index in [4.69, 9.17) is 5.84 Å². The lowest BCUT2D eigenvalue weighted by Crippen LogP contribution is -2.52. The van der Waals surface area contributed by atoms with Gasteiger partial charge in [0.2, 0.25) is 0 Å². The van der Waals surface area contributed by atoms with Crippen LogP contribution in [0.15, 0.2) is 5.10 Å². The maximum atomic E-state index is 6.18. The first-order valence-corrected chi connectivity index (χ1v) is 7.22. The molecule has 1 heterocycles. The Morgan fingerprint density at radius 1 is 1.44 bits per heavy atom. The fourth-order valence-corrected chi connectivity index (χ4v) is 3.16. The Labute approximate surface area is 113 Å². The summed E-state index contributed by atoms with van der Waals surface area (Å²) >= 11 is 0. The predicted octanol–water partition coefficient (Wildman–Crippen LogP) is 3.80. The minimum absolute atomic E-state index is 0.0339. The average molecular weight is 253 g/mol. The number of hydrogen-bond donors (Lipinski definition) is 1. The summed E-state index contributed by atoms with van der Waals surface area (Å²) in [7, 11) is 0. The zero-order chi connectivity index (χ0) is 14.1. The topological polar surface area (TPSA) is 41.6 Å². The predicted molar refractivity (Wildman–Crippen MR) is 79.2 cm³/mol. The average Bonchev–Trinajstić information content (AvgIpc) is 2.41. The van der Waals surface area contributed by atoms with Crippen LogP contribution in [0, 0.1) is 17.3 Å². The normalized spacial score (nSPS) is 29.1. The minimum atomic E-state index is -0.0339. The lowest BCUT2D eigenvalue weighted by molar-refractivity contribution is 0.0437. The van der Waals surface area contributed by atoms with Gasteiger partial charge in [-0.05, 0) is 38.0 Å². The van der Waals surface area contributed by atoms with Gasteiger partial charge in [-0.2, -0.15) is 5.10 Å². The fourth-order valence-electron chi connectivity index (χ4n) is 3.16. The fraction of sp³-hybridized carbons (Fsp3) is 0.933. The summed E-state index contributed by atoms with van der Waals surface area (Å²) in [6.07, 6.45) is 3.43. The van der Waals surface area contributed by atoms with Crippen LogP contribution in [0.2, 0.25) is 0 Å². The van der Waals surface area contributed by atoms with Crippen LogP contribution in [0.5, 0.6) is 0 Å². The molecule has 0 saturated heterocycles. The van der Waals surface area contributed by atoms with Crippen LogP contribution in [0.4, 0.5) is 0 Å². The summed E-state index contributed by atoms with van der Waals surface area (Å²) in [5.41, 5.74) is 1.47. The zero-order valence-corrected chi connectivity index (χ0v) is 13.2. The second kappa shape index (κ2) is 5.20. The van der Waals surface area contributed by atoms with Gasteiger partial charge in [0.1, 0.15) is 0 Å². The molecule has 0 fully saturated rings. The van der Waals surface area contributed by atoms with Crippen LogP contribution in [-0.2, 0) is 0 Å². The van der Waals surface area contributed by atoms with Crippen molar-refractivity contribution < 1.29 is 0 Å². The third-order valence-corrected chi connectivity index (χ3v) is 4.54. The summed E-state index contributed by atoms with van der Waals surface area (Å²) in [5.74, 6) is 7.33. The first-order valence-electron chi connectivity index (χ1n) is 7.22. The van der Waals surface area contributed by atoms with Crippen molar-refractivity contribution in [1.29, 1.82) is 0 Å². The maximum absolute atomic E-state index is 6.18. The highest BCUT2D eigenvalue weighted by molar-refractivity contribution is 5.87. The molecule has 106 valence electrons. The lowest BCUT2D eigenvalue weighted by atomic mass is 9.69. The van der Waals surface area contributed by atoms with E-state index < -0.39 is 0 Å². The van der Waals surface area contributed by atoms with Gasteiger partial charge in [-0.15, -0.1) is 0 Å². The second-order valence-electron chi connectivity index (χ2n) is 7.32. The molecule has 2 N–H and O–H groups in total. The number of hydrazone groups is 1. The molecule has 0 aromatic heterocycles. The molecule has 0 spiro atoms. The maximum Gasteiger partial charge on any atom is 0.0805 e. The second-order valence-corrected chi connectivity index (χ2v) is 7.32. The van der Waals surface area contributed by atoms with Gasteiger partial charge < -0.3 is 0 Å². The van der Waals surface area contributed by atoms with Crippen molar-refractivity contribution in [2.75, 3.05) is 0 Å². The van der Waals surface area contributed by atoms with E-state index in [1.54, 1.807) is 5.12 Å². The van der Waals surface area contributed by atoms with Crippen LogP contribution < -0.4 is 5.84 Å². The molecule has 18 heavy (non-hydrogen) atoms. The largest absolute Gasteiger partial charge is 0.231 e. The summed E-state index contributed by atoms with van der Waals surface area (Å²) < 4.78 is 0. The van der Waals surface area contributed by atoms with Gasteiger partial charge in [0.05, 0.1) is 5.54 Å². The van der Waals surface area contributed by atoms with Gasteiger partial charge in [0, 0.05) is 11.6 Å². The minimum Gasteiger partial charge on any atom is -0.231 e. The monoisotopic (exact) mass is 253 g/mol. The van der Waals surface area contributed by atoms with Gasteiger partial charge in [-0.3, -0.25) is 0 Å². The molecule has 3 heteroatoms. The molecular formula is C15H31N3. The molecule has 0 saturated carbocycles. The third-order valence-electron chi connectivity index (χ3n) is 4.54. The van der Waals surface area contributed by atoms with Crippen LogP contribution in [-0.4, -0.2) is 16.4 Å². The van der Waals surface area contributed by atoms with E-state index in [0.29, 0.717) is 17.3 Å². The molecule has 1 rings (SSSR count). The Balaban J connectivity index is 2.95. The smallest absolute Gasteiger partial charge is 0.0805 e. The SMILES string of the molecule is CCC(C)(C)CC1(C)C(CC(C)C)C(C)=NN1N. The highest BCUT2D eigenvalue weighted by Gasteiger charge is 2.47. The van der Waals surface area contributed by atoms with Crippen molar-refractivity contribution in [2.45, 2.75) is 73.3 Å². The Morgan fingerprint density at radius 3 is 2.44 bits per heavy atom. The summed E-state index contributed by atoms with van der Waals surface area (Å²) in [5, 5.41) is 6.25. The van der Waals surface area contributed by atoms with Gasteiger partial charge in [-0.1, -0.05) is 41.0 Å². The van der Waals surface area contributed by atoms with Gasteiger partial charge >= 0.3 is 0 Å². The molecule has 2 atom stereocenters. The standard InChI is InChI=1S/C15H31N3/c1-8-14(5,6)10-15(7)13(9-11(2)3)12(4)17-18(15)16/h11,13H,8-10,16H2,1-7H3. The van der Waals surface area contributed by atoms with Gasteiger partial charge in [-0.25, -0.2) is 11.0 Å².